The molecule has 1 rings (SSSR count). The van der Waals surface area contributed by atoms with Crippen molar-refractivity contribution in [2.24, 2.45) is 0 Å². The summed E-state index contributed by atoms with van der Waals surface area (Å²) in [5.41, 5.74) is -0.738. The van der Waals surface area contributed by atoms with Gasteiger partial charge in [-0.05, 0) is 0 Å². The average molecular weight is 197 g/mol. The molecular weight excluding hydrogens is 190 g/mol. The Kier molecular flexibility index (Phi) is 2.40. The lowest BCUT2D eigenvalue weighted by molar-refractivity contribution is -0.118. The van der Waals surface area contributed by atoms with E-state index in [1.807, 2.05) is 0 Å². The van der Waals surface area contributed by atoms with E-state index in [1.165, 1.54) is 0 Å². The normalized spacial score (nSPS) is 25.2. The first-order chi connectivity index (χ1) is 4.97. The van der Waals surface area contributed by atoms with Crippen LogP contribution in [-0.2, 0) is 19.1 Å². The van der Waals surface area contributed by atoms with Gasteiger partial charge < -0.3 is 5.32 Å². The van der Waals surface area contributed by atoms with Crippen molar-refractivity contribution in [1.29, 1.82) is 0 Å². The highest BCUT2D eigenvalue weighted by Crippen LogP contribution is 2.16. The van der Waals surface area contributed by atoms with E-state index in [-0.39, 0.29) is 11.7 Å². The van der Waals surface area contributed by atoms with Crippen LogP contribution in [0.2, 0.25) is 0 Å². The Hall–Kier alpha value is -0.270. The van der Waals surface area contributed by atoms with E-state index >= 15 is 0 Å². The van der Waals surface area contributed by atoms with Crippen LogP contribution >= 0.6 is 11.8 Å². The molecule has 5 nitrogen and oxygen atoms in total. The number of carbonyl (C=O) groups is 1. The summed E-state index contributed by atoms with van der Waals surface area (Å²) in [4.78, 5) is 10.5. The molecule has 0 spiro atoms. The number of hydrogen-bond acceptors (Lipinski definition) is 5. The van der Waals surface area contributed by atoms with Crippen LogP contribution in [0.4, 0.5) is 0 Å². The predicted molar refractivity (Wildman–Crippen MR) is 40.3 cm³/mol. The van der Waals surface area contributed by atoms with Crippen molar-refractivity contribution in [3.8, 4) is 0 Å². The minimum Gasteiger partial charge on any atom is -0.320 e. The summed E-state index contributed by atoms with van der Waals surface area (Å²) in [6.45, 7) is 0. The quantitative estimate of drug-likeness (QED) is 0.581. The van der Waals surface area contributed by atoms with Gasteiger partial charge in [0, 0.05) is 0 Å². The van der Waals surface area contributed by atoms with Crippen LogP contribution in [0.3, 0.4) is 0 Å². The maximum absolute atomic E-state index is 10.5. The van der Waals surface area contributed by atoms with Crippen LogP contribution in [0.5, 0.6) is 0 Å². The van der Waals surface area contributed by atoms with E-state index in [0.717, 1.165) is 18.0 Å². The maximum atomic E-state index is 10.5. The van der Waals surface area contributed by atoms with Crippen LogP contribution in [0.25, 0.3) is 0 Å². The second-order valence-corrected chi connectivity index (χ2v) is 4.66. The highest BCUT2D eigenvalue weighted by Gasteiger charge is 2.25. The molecule has 1 heterocycles. The van der Waals surface area contributed by atoms with Crippen LogP contribution in [-0.4, -0.2) is 31.9 Å². The first kappa shape index (κ1) is 8.82. The molecule has 1 fully saturated rings. The lowest BCUT2D eigenvalue weighted by atomic mass is 10.7. The van der Waals surface area contributed by atoms with Gasteiger partial charge in [-0.25, -0.2) is 4.18 Å². The van der Waals surface area contributed by atoms with E-state index in [0.29, 0.717) is 0 Å². The third-order valence-electron chi connectivity index (χ3n) is 0.907. The van der Waals surface area contributed by atoms with Crippen LogP contribution in [0, 0.1) is 0 Å². The Bertz CT molecular complexity index is 259. The summed E-state index contributed by atoms with van der Waals surface area (Å²) in [7, 11) is -3.47. The van der Waals surface area contributed by atoms with Gasteiger partial charge in [-0.2, -0.15) is 8.42 Å². The number of thioether (sulfide) groups is 1. The summed E-state index contributed by atoms with van der Waals surface area (Å²) in [6.07, 6.45) is 0.942. The van der Waals surface area contributed by atoms with Crippen molar-refractivity contribution in [3.63, 3.8) is 0 Å². The molecule has 0 aromatic heterocycles. The molecule has 0 aromatic carbocycles. The number of nitrogens with one attached hydrogen (secondary N) is 1. The summed E-state index contributed by atoms with van der Waals surface area (Å²) in [6, 6.07) is 0. The summed E-state index contributed by atoms with van der Waals surface area (Å²) < 4.78 is 25.5. The van der Waals surface area contributed by atoms with Crippen molar-refractivity contribution in [2.45, 2.75) is 5.56 Å². The maximum Gasteiger partial charge on any atom is 0.267 e. The Morgan fingerprint density at radius 3 is 2.73 bits per heavy atom. The molecule has 1 unspecified atom stereocenters. The Morgan fingerprint density at radius 1 is 1.73 bits per heavy atom. The Balaban J connectivity index is 2.47. The van der Waals surface area contributed by atoms with Crippen molar-refractivity contribution in [3.05, 3.63) is 0 Å². The number of amides is 1. The number of carbonyl (C=O) groups excluding carboxylic acids is 1. The van der Waals surface area contributed by atoms with Gasteiger partial charge in [-0.1, -0.05) is 11.8 Å². The van der Waals surface area contributed by atoms with Gasteiger partial charge in [0.15, 0.2) is 5.56 Å². The van der Waals surface area contributed by atoms with E-state index in [9.17, 15) is 13.2 Å². The largest absolute Gasteiger partial charge is 0.320 e. The molecule has 0 radical (unpaired) electrons. The van der Waals surface area contributed by atoms with Crippen LogP contribution in [0.15, 0.2) is 0 Å². The minimum absolute atomic E-state index is 0.205. The summed E-state index contributed by atoms with van der Waals surface area (Å²) >= 11 is 1.12. The lowest BCUT2D eigenvalue weighted by Gasteiger charge is -2.06. The van der Waals surface area contributed by atoms with Crippen LogP contribution < -0.4 is 5.32 Å². The average Bonchev–Trinajstić information content (AvgIpc) is 2.10. The van der Waals surface area contributed by atoms with Gasteiger partial charge in [-0.15, -0.1) is 0 Å². The predicted octanol–water partition coefficient (Wildman–Crippen LogP) is -0.891. The highest BCUT2D eigenvalue weighted by atomic mass is 32.2. The van der Waals surface area contributed by atoms with Crippen LogP contribution in [0.1, 0.15) is 0 Å². The molecule has 0 bridgehead atoms. The first-order valence-electron chi connectivity index (χ1n) is 2.76. The minimum atomic E-state index is -3.47. The number of rotatable bonds is 2. The van der Waals surface area contributed by atoms with Gasteiger partial charge in [0.25, 0.3) is 10.1 Å². The molecule has 64 valence electrons. The molecule has 1 aliphatic rings. The molecule has 1 aliphatic heterocycles. The van der Waals surface area contributed by atoms with E-state index in [4.69, 9.17) is 0 Å². The first-order valence-corrected chi connectivity index (χ1v) is 5.63. The molecule has 0 saturated carbocycles. The topological polar surface area (TPSA) is 72.5 Å². The van der Waals surface area contributed by atoms with Gasteiger partial charge in [0.1, 0.15) is 0 Å². The van der Waals surface area contributed by atoms with Crippen molar-refractivity contribution >= 4 is 27.8 Å². The highest BCUT2D eigenvalue weighted by molar-refractivity contribution is 8.01. The smallest absolute Gasteiger partial charge is 0.267 e. The van der Waals surface area contributed by atoms with E-state index in [1.54, 1.807) is 0 Å². The molecule has 1 N–H and O–H groups in total. The third-order valence-corrected chi connectivity index (χ3v) is 2.52. The lowest BCUT2D eigenvalue weighted by Crippen LogP contribution is -2.28. The fraction of sp³-hybridized carbons (Fsp3) is 0.750. The molecule has 1 saturated heterocycles. The molecule has 0 aliphatic carbocycles. The summed E-state index contributed by atoms with van der Waals surface area (Å²) in [5, 5.41) is 2.33. The number of hydrogen-bond donors (Lipinski definition) is 1. The second-order valence-electron chi connectivity index (χ2n) is 2.01. The Labute approximate surface area is 68.6 Å². The standard InChI is InChI=1S/C4H7NO4S2/c1-11(7,8)9-4-5-3(6)2-10-4/h4H,2H2,1H3,(H,5,6). The monoisotopic (exact) mass is 197 g/mol. The molecule has 1 atom stereocenters. The van der Waals surface area contributed by atoms with Crippen molar-refractivity contribution < 1.29 is 17.4 Å². The third kappa shape index (κ3) is 3.08. The zero-order chi connectivity index (χ0) is 8.48. The SMILES string of the molecule is CS(=O)(=O)OC1NC(=O)CS1. The fourth-order valence-electron chi connectivity index (χ4n) is 0.577. The van der Waals surface area contributed by atoms with Gasteiger partial charge >= 0.3 is 0 Å². The molecule has 7 heteroatoms. The van der Waals surface area contributed by atoms with Gasteiger partial charge in [0.05, 0.1) is 12.0 Å². The summed E-state index contributed by atoms with van der Waals surface area (Å²) in [5.74, 6) is 0.0452. The molecule has 0 aromatic rings. The Morgan fingerprint density at radius 2 is 2.36 bits per heavy atom. The zero-order valence-electron chi connectivity index (χ0n) is 5.73. The van der Waals surface area contributed by atoms with Gasteiger partial charge in [-0.3, -0.25) is 4.79 Å². The second kappa shape index (κ2) is 3.00. The molecule has 1 amide bonds. The molecular formula is C4H7NO4S2. The molecule has 11 heavy (non-hydrogen) atoms. The van der Waals surface area contributed by atoms with Gasteiger partial charge in [0.2, 0.25) is 5.91 Å². The zero-order valence-corrected chi connectivity index (χ0v) is 7.37. The van der Waals surface area contributed by atoms with E-state index in [2.05, 4.69) is 9.50 Å². The van der Waals surface area contributed by atoms with Crippen molar-refractivity contribution in [1.82, 2.24) is 5.32 Å². The fourth-order valence-corrected chi connectivity index (χ4v) is 2.19. The van der Waals surface area contributed by atoms with Crippen molar-refractivity contribution in [2.75, 3.05) is 12.0 Å². The van der Waals surface area contributed by atoms with E-state index < -0.39 is 15.7 Å².